The number of aromatic amines is 1. The van der Waals surface area contributed by atoms with Crippen molar-refractivity contribution in [1.82, 2.24) is 15.3 Å². The number of thiazole rings is 1. The van der Waals surface area contributed by atoms with E-state index >= 15 is 0 Å². The van der Waals surface area contributed by atoms with Crippen LogP contribution in [0.5, 0.6) is 0 Å². The van der Waals surface area contributed by atoms with E-state index in [4.69, 9.17) is 23.2 Å². The quantitative estimate of drug-likeness (QED) is 0.434. The van der Waals surface area contributed by atoms with Crippen molar-refractivity contribution in [3.8, 4) is 0 Å². The first-order chi connectivity index (χ1) is 16.9. The first-order valence-electron chi connectivity index (χ1n) is 10.9. The Morgan fingerprint density at radius 1 is 1.24 bits per heavy atom. The van der Waals surface area contributed by atoms with Crippen molar-refractivity contribution >= 4 is 51.5 Å². The smallest absolute Gasteiger partial charge is 0.544 e. The van der Waals surface area contributed by atoms with Gasteiger partial charge in [0.25, 0.3) is 5.91 Å². The number of H-pyrrole nitrogens is 1. The second kappa shape index (κ2) is 10.2. The predicted molar refractivity (Wildman–Crippen MR) is 127 cm³/mol. The third-order valence-electron chi connectivity index (χ3n) is 6.54. The van der Waals surface area contributed by atoms with Crippen LogP contribution in [0.15, 0.2) is 24.3 Å². The molecule has 1 saturated heterocycles. The fourth-order valence-electron chi connectivity index (χ4n) is 4.65. The Bertz CT molecular complexity index is 1370. The summed E-state index contributed by atoms with van der Waals surface area (Å²) in [5, 5.41) is 15.6. The second-order valence-corrected chi connectivity index (χ2v) is 10.7. The van der Waals surface area contributed by atoms with Gasteiger partial charge in [0.2, 0.25) is 0 Å². The molecule has 5 rings (SSSR count). The van der Waals surface area contributed by atoms with E-state index in [0.29, 0.717) is 34.5 Å². The van der Waals surface area contributed by atoms with Crippen LogP contribution in [0, 0.1) is 18.8 Å². The van der Waals surface area contributed by atoms with Crippen LogP contribution >= 0.6 is 34.5 Å². The molecule has 0 unspecified atom stereocenters. The average molecular weight is 565 g/mol. The molecule has 3 heterocycles. The molecule has 2 fully saturated rings. The second-order valence-electron chi connectivity index (χ2n) is 8.92. The number of carbonyl (C=O) groups is 2. The number of carboxylic acids is 1. The topological polar surface area (TPSA) is 101 Å². The number of amides is 1. The largest absolute Gasteiger partial charge is 1.00 e. The number of aromatic nitrogens is 2. The monoisotopic (exact) mass is 564 g/mol. The van der Waals surface area contributed by atoms with Crippen molar-refractivity contribution < 1.29 is 46.7 Å². The number of aromatic carboxylic acids is 1. The fourth-order valence-corrected chi connectivity index (χ4v) is 6.01. The van der Waals surface area contributed by atoms with Crippen molar-refractivity contribution in [3.05, 3.63) is 67.4 Å². The molecule has 1 aromatic carbocycles. The summed E-state index contributed by atoms with van der Waals surface area (Å²) in [5.74, 6) is -1.47. The van der Waals surface area contributed by atoms with Crippen molar-refractivity contribution in [3.63, 3.8) is 0 Å². The molecule has 2 aromatic heterocycles. The number of alkyl halides is 3. The Morgan fingerprint density at radius 3 is 2.49 bits per heavy atom. The van der Waals surface area contributed by atoms with Crippen LogP contribution in [0.4, 0.5) is 18.3 Å². The Morgan fingerprint density at radius 2 is 1.92 bits per heavy atom. The van der Waals surface area contributed by atoms with E-state index in [9.17, 15) is 27.9 Å². The number of nitrogens with zero attached hydrogens (tertiary/aromatic N) is 2. The summed E-state index contributed by atoms with van der Waals surface area (Å²) in [7, 11) is 0. The molecular weight excluding hydrogens is 547 g/mol. The maximum absolute atomic E-state index is 13.0. The van der Waals surface area contributed by atoms with Crippen LogP contribution in [0.2, 0.25) is 10.0 Å². The summed E-state index contributed by atoms with van der Waals surface area (Å²) >= 11 is 13.1. The van der Waals surface area contributed by atoms with Crippen LogP contribution in [0.1, 0.15) is 42.7 Å². The number of aryl methyl sites for hydroxylation is 1. The van der Waals surface area contributed by atoms with Crippen molar-refractivity contribution in [2.75, 3.05) is 18.0 Å². The third kappa shape index (κ3) is 5.38. The van der Waals surface area contributed by atoms with Gasteiger partial charge in [0.15, 0.2) is 5.13 Å². The number of rotatable bonds is 6. The van der Waals surface area contributed by atoms with Gasteiger partial charge >= 0.3 is 25.0 Å². The molecule has 2 N–H and O–H groups in total. The molecule has 1 aliphatic carbocycles. The van der Waals surface area contributed by atoms with Gasteiger partial charge in [0.1, 0.15) is 5.69 Å². The summed E-state index contributed by atoms with van der Waals surface area (Å²) in [4.78, 5) is 33.4. The van der Waals surface area contributed by atoms with Crippen LogP contribution in [0.3, 0.4) is 0 Å². The number of nitrogens with one attached hydrogen (secondary N) is 2. The normalized spacial score (nSPS) is 20.4. The molecule has 37 heavy (non-hydrogen) atoms. The van der Waals surface area contributed by atoms with E-state index in [-0.39, 0.29) is 70.4 Å². The number of carboxylic acid groups (broad SMARTS) is 1. The molecule has 3 atom stereocenters. The van der Waals surface area contributed by atoms with Crippen molar-refractivity contribution in [1.29, 1.82) is 0 Å². The Hall–Kier alpha value is -2.16. The van der Waals surface area contributed by atoms with Gasteiger partial charge in [-0.3, -0.25) is 4.79 Å². The molecule has 14 heteroatoms. The molecule has 0 radical (unpaired) electrons. The van der Waals surface area contributed by atoms with Crippen LogP contribution < -0.4 is 34.2 Å². The predicted octanol–water partition coefficient (Wildman–Crippen LogP) is 0.928. The maximum Gasteiger partial charge on any atom is 1.00 e. The number of halogens is 5. The third-order valence-corrected chi connectivity index (χ3v) is 8.63. The summed E-state index contributed by atoms with van der Waals surface area (Å²) < 4.78 is 39.1. The van der Waals surface area contributed by atoms with Gasteiger partial charge in [-0.05, 0) is 18.6 Å². The first kappa shape index (κ1) is 27.9. The molecule has 1 aliphatic heterocycles. The molecule has 2 aliphatic rings. The molecule has 3 aromatic rings. The zero-order valence-electron chi connectivity index (χ0n) is 19.6. The van der Waals surface area contributed by atoms with Gasteiger partial charge < -0.3 is 25.1 Å². The standard InChI is InChI=1S/C23H19Cl2F3N4O3S.Li/c1-9-15(24)16(25)18(29-9)20(33)31-17-12-7-32(8-13(12)17)22-30-14(19(36-22)21(34)35)6-10-3-2-4-11(5-10)23(26,27)28;/h2-5,12-13,17,29H,6-8H2,1H3,(H,31,33)(H,34,35);/q;+1/p-1/t12-,13+,17-;. The van der Waals surface area contributed by atoms with Gasteiger partial charge in [-0.15, -0.1) is 0 Å². The average Bonchev–Trinajstić information content (AvgIpc) is 3.18. The minimum Gasteiger partial charge on any atom is -0.544 e. The number of hydrogen-bond acceptors (Lipinski definition) is 6. The fraction of sp³-hybridized carbons (Fsp3) is 0.348. The Kier molecular flexibility index (Phi) is 7.67. The summed E-state index contributed by atoms with van der Waals surface area (Å²) in [6.45, 7) is 2.82. The summed E-state index contributed by atoms with van der Waals surface area (Å²) in [6.07, 6.45) is -4.57. The number of fused-ring (bicyclic) bond motifs is 1. The Labute approximate surface area is 235 Å². The van der Waals surface area contributed by atoms with E-state index in [1.54, 1.807) is 6.92 Å². The van der Waals surface area contributed by atoms with E-state index in [0.717, 1.165) is 23.5 Å². The maximum atomic E-state index is 13.0. The SMILES string of the molecule is Cc1[nH]c(C(=O)N[C@@H]2[C@@H]3CN(c4nc(Cc5cccc(C(F)(F)F)c5)c(C(=O)[O-])s4)C[C@@H]32)c(Cl)c1Cl.[Li+]. The number of piperidine rings is 1. The molecule has 1 saturated carbocycles. The van der Waals surface area contributed by atoms with Crippen LogP contribution in [-0.2, 0) is 12.6 Å². The zero-order chi connectivity index (χ0) is 25.9. The van der Waals surface area contributed by atoms with Crippen LogP contribution in [0.25, 0.3) is 0 Å². The van der Waals surface area contributed by atoms with E-state index in [1.165, 1.54) is 12.1 Å². The van der Waals surface area contributed by atoms with E-state index in [1.807, 2.05) is 4.90 Å². The molecule has 7 nitrogen and oxygen atoms in total. The molecular formula is C23H18Cl2F3LiN4O3S. The van der Waals surface area contributed by atoms with Gasteiger partial charge in [-0.1, -0.05) is 52.7 Å². The summed E-state index contributed by atoms with van der Waals surface area (Å²) in [6, 6.07) is 4.67. The molecule has 1 amide bonds. The number of carbonyl (C=O) groups excluding carboxylic acids is 2. The number of anilines is 1. The van der Waals surface area contributed by atoms with Gasteiger partial charge in [-0.2, -0.15) is 13.2 Å². The molecule has 0 bridgehead atoms. The first-order valence-corrected chi connectivity index (χ1v) is 12.5. The number of benzene rings is 1. The van der Waals surface area contributed by atoms with Crippen molar-refractivity contribution in [2.24, 2.45) is 11.8 Å². The van der Waals surface area contributed by atoms with Crippen LogP contribution in [-0.4, -0.2) is 41.0 Å². The van der Waals surface area contributed by atoms with Gasteiger partial charge in [0, 0.05) is 43.1 Å². The number of hydrogen-bond donors (Lipinski definition) is 2. The minimum absolute atomic E-state index is 0. The Balaban J connectivity index is 0.00000320. The van der Waals surface area contributed by atoms with Gasteiger partial charge in [-0.25, -0.2) is 4.98 Å². The zero-order valence-corrected chi connectivity index (χ0v) is 21.9. The summed E-state index contributed by atoms with van der Waals surface area (Å²) in [5.41, 5.74) is 0.459. The van der Waals surface area contributed by atoms with Crippen molar-refractivity contribution in [2.45, 2.75) is 25.6 Å². The molecule has 0 spiro atoms. The van der Waals surface area contributed by atoms with Gasteiger partial charge in [0.05, 0.1) is 32.1 Å². The minimum atomic E-state index is -4.50. The molecule has 190 valence electrons. The van der Waals surface area contributed by atoms with E-state index in [2.05, 4.69) is 15.3 Å². The van der Waals surface area contributed by atoms with E-state index < -0.39 is 17.7 Å².